The van der Waals surface area contributed by atoms with Gasteiger partial charge in [-0.15, -0.1) is 0 Å². The number of H-pyrrole nitrogens is 1. The van der Waals surface area contributed by atoms with Crippen LogP contribution in [-0.2, 0) is 6.42 Å². The van der Waals surface area contributed by atoms with Gasteiger partial charge in [0.05, 0.1) is 12.1 Å². The fourth-order valence-electron chi connectivity index (χ4n) is 5.80. The van der Waals surface area contributed by atoms with E-state index >= 15 is 0 Å². The minimum atomic E-state index is -0.911. The molecule has 4 aromatic rings. The lowest BCUT2D eigenvalue weighted by Gasteiger charge is -2.35. The Balaban J connectivity index is 1.21. The molecule has 3 aromatic carbocycles. The molecule has 43 heavy (non-hydrogen) atoms. The Morgan fingerprint density at radius 1 is 1.02 bits per heavy atom. The average Bonchev–Trinajstić information content (AvgIpc) is 3.44. The van der Waals surface area contributed by atoms with E-state index in [0.717, 1.165) is 27.7 Å². The molecule has 0 aliphatic carbocycles. The number of urea groups is 1. The number of fused-ring (bicyclic) bond motifs is 3. The zero-order valence-corrected chi connectivity index (χ0v) is 25.3. The average molecular weight is 624 g/mol. The predicted molar refractivity (Wildman–Crippen MR) is 165 cm³/mol. The van der Waals surface area contributed by atoms with Gasteiger partial charge in [-0.25, -0.2) is 9.59 Å². The first-order valence-electron chi connectivity index (χ1n) is 14.1. The van der Waals surface area contributed by atoms with Crippen LogP contribution in [0.15, 0.2) is 66.7 Å². The number of hydrogen-bond donors (Lipinski definition) is 3. The van der Waals surface area contributed by atoms with Crippen molar-refractivity contribution >= 4 is 46.2 Å². The van der Waals surface area contributed by atoms with E-state index in [2.05, 4.69) is 10.3 Å². The summed E-state index contributed by atoms with van der Waals surface area (Å²) >= 11 is 12.3. The number of aromatic amines is 1. The SMILES string of the molecule is CC1(C)C(O)NC(=O)N1CCCOc1ccc(C2c3[nH]c4ccc(Cl)cc4c3CCN2C(=O)Oc2ccc(Cl)cc2)cc1. The molecule has 2 aliphatic rings. The van der Waals surface area contributed by atoms with Crippen molar-refractivity contribution in [2.75, 3.05) is 19.7 Å². The predicted octanol–water partition coefficient (Wildman–Crippen LogP) is 6.51. The van der Waals surface area contributed by atoms with E-state index in [1.807, 2.05) is 56.3 Å². The topological polar surface area (TPSA) is 107 Å². The van der Waals surface area contributed by atoms with E-state index in [0.29, 0.717) is 54.1 Å². The molecular weight excluding hydrogens is 591 g/mol. The first kappa shape index (κ1) is 29.2. The summed E-state index contributed by atoms with van der Waals surface area (Å²) in [6.45, 7) is 4.94. The quantitative estimate of drug-likeness (QED) is 0.204. The van der Waals surface area contributed by atoms with Gasteiger partial charge < -0.3 is 29.8 Å². The molecule has 11 heteroatoms. The zero-order chi connectivity index (χ0) is 30.3. The van der Waals surface area contributed by atoms with Crippen molar-refractivity contribution in [2.45, 2.75) is 44.5 Å². The van der Waals surface area contributed by atoms with Crippen LogP contribution in [0.5, 0.6) is 11.5 Å². The number of aromatic nitrogens is 1. The number of carbonyl (C=O) groups is 2. The lowest BCUT2D eigenvalue weighted by atomic mass is 9.92. The fourth-order valence-corrected chi connectivity index (χ4v) is 6.09. The smallest absolute Gasteiger partial charge is 0.416 e. The number of aliphatic hydroxyl groups excluding tert-OH is 1. The van der Waals surface area contributed by atoms with Crippen LogP contribution < -0.4 is 14.8 Å². The molecule has 2 aliphatic heterocycles. The van der Waals surface area contributed by atoms with Crippen molar-refractivity contribution in [1.82, 2.24) is 20.1 Å². The molecule has 0 radical (unpaired) electrons. The second-order valence-electron chi connectivity index (χ2n) is 11.3. The largest absolute Gasteiger partial charge is 0.494 e. The molecule has 1 fully saturated rings. The lowest BCUT2D eigenvalue weighted by Crippen LogP contribution is -2.47. The normalized spacial score (nSPS) is 19.3. The zero-order valence-electron chi connectivity index (χ0n) is 23.8. The Labute approximate surface area is 259 Å². The Morgan fingerprint density at radius 2 is 1.72 bits per heavy atom. The van der Waals surface area contributed by atoms with Crippen molar-refractivity contribution in [2.24, 2.45) is 0 Å². The molecular formula is C32H32Cl2N4O5. The van der Waals surface area contributed by atoms with Gasteiger partial charge in [-0.3, -0.25) is 4.90 Å². The standard InChI is InChI=1S/C32H32Cl2N4O5/c1-32(2)29(39)36-30(40)38(32)15-3-17-42-22-9-4-19(5-10-22)28-27-24(25-18-21(34)8-13-26(25)35-27)14-16-37(28)31(41)43-23-11-6-20(33)7-12-23/h4-13,18,28-29,35,39H,3,14-17H2,1-2H3,(H,36,40). The summed E-state index contributed by atoms with van der Waals surface area (Å²) in [7, 11) is 0. The molecule has 9 nitrogen and oxygen atoms in total. The number of ether oxygens (including phenoxy) is 2. The summed E-state index contributed by atoms with van der Waals surface area (Å²) in [6, 6.07) is 19.4. The summed E-state index contributed by atoms with van der Waals surface area (Å²) in [5.74, 6) is 1.08. The maximum atomic E-state index is 13.5. The van der Waals surface area contributed by atoms with Gasteiger partial charge in [-0.1, -0.05) is 35.3 Å². The highest BCUT2D eigenvalue weighted by molar-refractivity contribution is 6.31. The molecule has 2 atom stereocenters. The third-order valence-corrected chi connectivity index (χ3v) is 8.69. The number of nitrogens with one attached hydrogen (secondary N) is 2. The van der Waals surface area contributed by atoms with Gasteiger partial charge in [0.25, 0.3) is 0 Å². The minimum Gasteiger partial charge on any atom is -0.494 e. The van der Waals surface area contributed by atoms with Gasteiger partial charge >= 0.3 is 12.1 Å². The van der Waals surface area contributed by atoms with Crippen LogP contribution in [0.1, 0.15) is 43.1 Å². The second kappa shape index (κ2) is 11.6. The third-order valence-electron chi connectivity index (χ3n) is 8.20. The maximum absolute atomic E-state index is 13.5. The van der Waals surface area contributed by atoms with Gasteiger partial charge in [0, 0.05) is 39.7 Å². The summed E-state index contributed by atoms with van der Waals surface area (Å²) < 4.78 is 11.7. The molecule has 6 rings (SSSR count). The number of nitrogens with zero attached hydrogens (tertiary/aromatic N) is 2. The molecule has 0 bridgehead atoms. The van der Waals surface area contributed by atoms with E-state index in [1.165, 1.54) is 0 Å². The first-order valence-corrected chi connectivity index (χ1v) is 14.9. The van der Waals surface area contributed by atoms with Gasteiger partial charge in [-0.2, -0.15) is 0 Å². The molecule has 3 heterocycles. The summed E-state index contributed by atoms with van der Waals surface area (Å²) in [5, 5.41) is 14.9. The van der Waals surface area contributed by atoms with Crippen LogP contribution in [0.25, 0.3) is 10.9 Å². The summed E-state index contributed by atoms with van der Waals surface area (Å²) in [6.07, 6.45) is -0.134. The molecule has 0 spiro atoms. The highest BCUT2D eigenvalue weighted by Gasteiger charge is 2.44. The van der Waals surface area contributed by atoms with E-state index in [4.69, 9.17) is 32.7 Å². The van der Waals surface area contributed by atoms with Crippen LogP contribution >= 0.6 is 23.2 Å². The second-order valence-corrected chi connectivity index (χ2v) is 12.2. The van der Waals surface area contributed by atoms with Crippen molar-refractivity contribution in [3.63, 3.8) is 0 Å². The van der Waals surface area contributed by atoms with Crippen LogP contribution in [0.2, 0.25) is 10.0 Å². The lowest BCUT2D eigenvalue weighted by molar-refractivity contribution is 0.0491. The Kier molecular flexibility index (Phi) is 7.89. The van der Waals surface area contributed by atoms with Crippen molar-refractivity contribution in [1.29, 1.82) is 0 Å². The van der Waals surface area contributed by atoms with E-state index in [-0.39, 0.29) is 6.03 Å². The van der Waals surface area contributed by atoms with Crippen molar-refractivity contribution in [3.8, 4) is 11.5 Å². The monoisotopic (exact) mass is 622 g/mol. The number of hydrogen-bond acceptors (Lipinski definition) is 5. The molecule has 224 valence electrons. The Bertz CT molecular complexity index is 1660. The number of amides is 3. The summed E-state index contributed by atoms with van der Waals surface area (Å²) in [5.41, 5.74) is 3.20. The van der Waals surface area contributed by atoms with Crippen molar-refractivity contribution in [3.05, 3.63) is 93.6 Å². The molecule has 3 N–H and O–H groups in total. The highest BCUT2D eigenvalue weighted by atomic mass is 35.5. The summed E-state index contributed by atoms with van der Waals surface area (Å²) in [4.78, 5) is 32.6. The molecule has 3 amide bonds. The Morgan fingerprint density at radius 3 is 2.42 bits per heavy atom. The number of benzene rings is 3. The van der Waals surface area contributed by atoms with Gasteiger partial charge in [0.1, 0.15) is 17.5 Å². The van der Waals surface area contributed by atoms with Crippen LogP contribution in [0.4, 0.5) is 9.59 Å². The fraction of sp³-hybridized carbons (Fsp3) is 0.312. The molecule has 1 aromatic heterocycles. The number of carbonyl (C=O) groups excluding carboxylic acids is 2. The van der Waals surface area contributed by atoms with Gasteiger partial charge in [0.2, 0.25) is 0 Å². The Hall–Kier alpha value is -3.92. The van der Waals surface area contributed by atoms with Crippen LogP contribution in [-0.4, -0.2) is 63.5 Å². The van der Waals surface area contributed by atoms with E-state index < -0.39 is 23.9 Å². The first-order chi connectivity index (χ1) is 20.6. The molecule has 1 saturated heterocycles. The van der Waals surface area contributed by atoms with Crippen molar-refractivity contribution < 1.29 is 24.2 Å². The maximum Gasteiger partial charge on any atom is 0.416 e. The molecule has 0 saturated carbocycles. The van der Waals surface area contributed by atoms with Gasteiger partial charge in [-0.05, 0) is 92.4 Å². The van der Waals surface area contributed by atoms with E-state index in [1.54, 1.807) is 34.1 Å². The van der Waals surface area contributed by atoms with Crippen LogP contribution in [0.3, 0.4) is 0 Å². The highest BCUT2D eigenvalue weighted by Crippen LogP contribution is 2.40. The minimum absolute atomic E-state index is 0.285. The number of halogens is 2. The number of rotatable bonds is 7. The van der Waals surface area contributed by atoms with Crippen LogP contribution in [0, 0.1) is 0 Å². The number of aliphatic hydroxyl groups is 1. The van der Waals surface area contributed by atoms with Gasteiger partial charge in [0.15, 0.2) is 6.23 Å². The molecule has 2 unspecified atom stereocenters. The third kappa shape index (κ3) is 5.72. The van der Waals surface area contributed by atoms with E-state index in [9.17, 15) is 14.7 Å².